The maximum atomic E-state index is 13.4. The van der Waals surface area contributed by atoms with Gasteiger partial charge in [-0.1, -0.05) is 12.1 Å². The van der Waals surface area contributed by atoms with Crippen molar-refractivity contribution >= 4 is 23.5 Å². The first-order chi connectivity index (χ1) is 19.5. The second-order valence-electron chi connectivity index (χ2n) is 10.0. The van der Waals surface area contributed by atoms with Crippen LogP contribution in [0, 0.1) is 5.92 Å². The number of benzene rings is 1. The van der Waals surface area contributed by atoms with E-state index in [0.717, 1.165) is 5.56 Å². The quantitative estimate of drug-likeness (QED) is 0.412. The van der Waals surface area contributed by atoms with E-state index >= 15 is 0 Å². The van der Waals surface area contributed by atoms with Crippen molar-refractivity contribution in [2.75, 3.05) is 39.3 Å². The van der Waals surface area contributed by atoms with E-state index in [9.17, 15) is 14.4 Å². The molecule has 2 aliphatic heterocycles. The van der Waals surface area contributed by atoms with Crippen LogP contribution < -0.4 is 10.1 Å². The van der Waals surface area contributed by atoms with Crippen molar-refractivity contribution in [3.05, 3.63) is 78.6 Å². The number of likely N-dealkylation sites (tertiary alicyclic amines) is 1. The molecule has 1 saturated heterocycles. The second-order valence-corrected chi connectivity index (χ2v) is 10.0. The van der Waals surface area contributed by atoms with E-state index in [0.29, 0.717) is 63.0 Å². The van der Waals surface area contributed by atoms with Crippen molar-refractivity contribution in [3.8, 4) is 5.75 Å². The lowest BCUT2D eigenvalue weighted by molar-refractivity contribution is -0.131. The first-order valence-electron chi connectivity index (χ1n) is 13.4. The summed E-state index contributed by atoms with van der Waals surface area (Å²) in [5.74, 6) is 0.148. The van der Waals surface area contributed by atoms with Crippen molar-refractivity contribution in [1.82, 2.24) is 39.3 Å². The zero-order chi connectivity index (χ0) is 27.5. The molecule has 0 saturated carbocycles. The molecule has 2 bridgehead atoms. The topological polar surface area (TPSA) is 127 Å². The number of rotatable bonds is 3. The van der Waals surface area contributed by atoms with Crippen LogP contribution in [-0.4, -0.2) is 91.0 Å². The molecule has 206 valence electrons. The van der Waals surface area contributed by atoms with Crippen LogP contribution in [0.25, 0.3) is 5.78 Å². The normalized spacial score (nSPS) is 19.9. The van der Waals surface area contributed by atoms with E-state index in [-0.39, 0.29) is 30.2 Å². The van der Waals surface area contributed by atoms with Gasteiger partial charge in [0.05, 0.1) is 12.5 Å². The van der Waals surface area contributed by atoms with E-state index in [2.05, 4.69) is 20.4 Å². The number of ether oxygens (including phenoxy) is 1. The fourth-order valence-corrected chi connectivity index (χ4v) is 5.37. The number of amides is 3. The minimum atomic E-state index is -0.400. The summed E-state index contributed by atoms with van der Waals surface area (Å²) >= 11 is 0. The lowest BCUT2D eigenvalue weighted by atomic mass is 9.88. The smallest absolute Gasteiger partial charge is 0.274 e. The summed E-state index contributed by atoms with van der Waals surface area (Å²) in [5.41, 5.74) is 1.24. The van der Waals surface area contributed by atoms with E-state index in [1.54, 1.807) is 62.0 Å². The van der Waals surface area contributed by atoms with E-state index < -0.39 is 5.92 Å². The molecule has 6 rings (SSSR count). The molecule has 0 radical (unpaired) electrons. The van der Waals surface area contributed by atoms with Crippen LogP contribution in [0.5, 0.6) is 5.75 Å². The number of carbonyl (C=O) groups excluding carboxylic acids is 3. The summed E-state index contributed by atoms with van der Waals surface area (Å²) < 4.78 is 9.36. The van der Waals surface area contributed by atoms with Crippen molar-refractivity contribution < 1.29 is 19.1 Å². The molecule has 2 aliphatic rings. The molecule has 1 aromatic carbocycles. The molecule has 1 fully saturated rings. The van der Waals surface area contributed by atoms with Crippen LogP contribution in [0.1, 0.15) is 28.4 Å². The van der Waals surface area contributed by atoms with Gasteiger partial charge in [0.25, 0.3) is 5.91 Å². The Morgan fingerprint density at radius 3 is 2.75 bits per heavy atom. The third kappa shape index (κ3) is 5.37. The number of carbonyl (C=O) groups is 3. The Morgan fingerprint density at radius 1 is 1.02 bits per heavy atom. The number of imidazole rings is 1. The number of nitrogens with zero attached hydrogens (tertiary/aromatic N) is 7. The monoisotopic (exact) mass is 542 g/mol. The lowest BCUT2D eigenvalue weighted by Gasteiger charge is -2.24. The molecular weight excluding hydrogens is 512 g/mol. The highest BCUT2D eigenvalue weighted by atomic mass is 16.5. The SMILES string of the molecule is O=C1NCCCN(C(=O)c2cn3cccnc3n2)CCOc2cccc(c2)[C@H]2CN(C(=O)Cn3cccn3)C[C@H]12. The number of nitrogens with one attached hydrogen (secondary N) is 1. The van der Waals surface area contributed by atoms with Crippen molar-refractivity contribution in [2.24, 2.45) is 5.92 Å². The molecular formula is C28H30N8O4. The van der Waals surface area contributed by atoms with Gasteiger partial charge in [0.15, 0.2) is 0 Å². The number of aromatic nitrogens is 5. The van der Waals surface area contributed by atoms with Crippen molar-refractivity contribution in [3.63, 3.8) is 0 Å². The van der Waals surface area contributed by atoms with Gasteiger partial charge < -0.3 is 19.9 Å². The predicted octanol–water partition coefficient (Wildman–Crippen LogP) is 1.21. The van der Waals surface area contributed by atoms with E-state index in [4.69, 9.17) is 4.74 Å². The minimum Gasteiger partial charge on any atom is -0.492 e. The van der Waals surface area contributed by atoms with E-state index in [1.807, 2.05) is 24.3 Å². The summed E-state index contributed by atoms with van der Waals surface area (Å²) in [6, 6.07) is 11.2. The van der Waals surface area contributed by atoms with Gasteiger partial charge in [0, 0.05) is 63.1 Å². The molecule has 0 unspecified atom stereocenters. The number of hydrogen-bond donors (Lipinski definition) is 1. The molecule has 12 heteroatoms. The fourth-order valence-electron chi connectivity index (χ4n) is 5.37. The Hall–Kier alpha value is -4.74. The van der Waals surface area contributed by atoms with Gasteiger partial charge in [-0.05, 0) is 36.2 Å². The molecule has 0 aliphatic carbocycles. The summed E-state index contributed by atoms with van der Waals surface area (Å²) in [4.78, 5) is 51.8. The third-order valence-corrected chi connectivity index (χ3v) is 7.43. The standard InChI is InChI=1S/C28H30N8O4/c37-25(19-36-12-4-9-31-36)35-16-22-20-5-1-6-21(15-20)40-14-13-33(10-2-7-29-26(38)23(22)17-35)27(39)24-18-34-11-3-8-30-28(34)32-24/h1,3-6,8-9,11-12,15,18,22-23H,2,7,10,13-14,16-17,19H2,(H,29,38)/t22-,23+/m1/s1. The largest absolute Gasteiger partial charge is 0.492 e. The molecule has 0 spiro atoms. The van der Waals surface area contributed by atoms with Gasteiger partial charge in [-0.3, -0.25) is 23.5 Å². The predicted molar refractivity (Wildman–Crippen MR) is 143 cm³/mol. The summed E-state index contributed by atoms with van der Waals surface area (Å²) in [6.45, 7) is 2.39. The average molecular weight is 543 g/mol. The highest BCUT2D eigenvalue weighted by Crippen LogP contribution is 2.34. The van der Waals surface area contributed by atoms with Crippen molar-refractivity contribution in [2.45, 2.75) is 18.9 Å². The molecule has 3 aromatic heterocycles. The summed E-state index contributed by atoms with van der Waals surface area (Å²) in [6.07, 6.45) is 9.04. The average Bonchev–Trinajstić information content (AvgIpc) is 3.73. The number of fused-ring (bicyclic) bond motifs is 5. The Bertz CT molecular complexity index is 1480. The highest BCUT2D eigenvalue weighted by molar-refractivity contribution is 5.92. The fraction of sp³-hybridized carbons (Fsp3) is 0.357. The van der Waals surface area contributed by atoms with Gasteiger partial charge in [0.1, 0.15) is 24.6 Å². The Morgan fingerprint density at radius 2 is 1.90 bits per heavy atom. The second kappa shape index (κ2) is 11.2. The Balaban J connectivity index is 1.19. The first-order valence-corrected chi connectivity index (χ1v) is 13.4. The lowest BCUT2D eigenvalue weighted by Crippen LogP contribution is -2.39. The molecule has 3 amide bonds. The zero-order valence-electron chi connectivity index (χ0n) is 21.9. The molecule has 4 aromatic rings. The van der Waals surface area contributed by atoms with Gasteiger partial charge in [0.2, 0.25) is 17.6 Å². The van der Waals surface area contributed by atoms with Crippen LogP contribution in [-0.2, 0) is 16.1 Å². The zero-order valence-corrected chi connectivity index (χ0v) is 21.9. The molecule has 40 heavy (non-hydrogen) atoms. The van der Waals surface area contributed by atoms with Crippen LogP contribution >= 0.6 is 0 Å². The molecule has 12 nitrogen and oxygen atoms in total. The van der Waals surface area contributed by atoms with Crippen molar-refractivity contribution in [1.29, 1.82) is 0 Å². The maximum Gasteiger partial charge on any atom is 0.274 e. The van der Waals surface area contributed by atoms with E-state index in [1.165, 1.54) is 0 Å². The van der Waals surface area contributed by atoms with Crippen LogP contribution in [0.3, 0.4) is 0 Å². The summed E-state index contributed by atoms with van der Waals surface area (Å²) in [7, 11) is 0. The van der Waals surface area contributed by atoms with Crippen LogP contribution in [0.2, 0.25) is 0 Å². The van der Waals surface area contributed by atoms with Gasteiger partial charge in [-0.25, -0.2) is 9.97 Å². The van der Waals surface area contributed by atoms with Gasteiger partial charge >= 0.3 is 0 Å². The molecule has 2 atom stereocenters. The minimum absolute atomic E-state index is 0.0781. The Kier molecular flexibility index (Phi) is 7.13. The Labute approximate surface area is 230 Å². The molecule has 1 N–H and O–H groups in total. The third-order valence-electron chi connectivity index (χ3n) is 7.43. The van der Waals surface area contributed by atoms with Crippen LogP contribution in [0.15, 0.2) is 67.4 Å². The van der Waals surface area contributed by atoms with Gasteiger partial charge in [-0.15, -0.1) is 0 Å². The van der Waals surface area contributed by atoms with Gasteiger partial charge in [-0.2, -0.15) is 5.10 Å². The summed E-state index contributed by atoms with van der Waals surface area (Å²) in [5, 5.41) is 7.18. The molecule has 5 heterocycles. The first kappa shape index (κ1) is 25.5. The highest BCUT2D eigenvalue weighted by Gasteiger charge is 2.40. The number of hydrogen-bond acceptors (Lipinski definition) is 7. The maximum absolute atomic E-state index is 13.4. The van der Waals surface area contributed by atoms with Crippen LogP contribution in [0.4, 0.5) is 0 Å².